The lowest BCUT2D eigenvalue weighted by Crippen LogP contribution is -2.70. The minimum Gasteiger partial charge on any atom is -0.445 e. The topological polar surface area (TPSA) is 99.1 Å². The Bertz CT molecular complexity index is 1080. The van der Waals surface area contributed by atoms with Crippen LogP contribution in [-0.4, -0.2) is 71.0 Å². The molecule has 4 aliphatic carbocycles. The summed E-state index contributed by atoms with van der Waals surface area (Å²) >= 11 is 0.346. The second-order valence-electron chi connectivity index (χ2n) is 11.3. The Morgan fingerprint density at radius 2 is 1.89 bits per heavy atom. The van der Waals surface area contributed by atoms with Crippen molar-refractivity contribution in [3.63, 3.8) is 0 Å². The zero-order valence-electron chi connectivity index (χ0n) is 20.9. The third-order valence-electron chi connectivity index (χ3n) is 9.73. The van der Waals surface area contributed by atoms with Crippen LogP contribution >= 0.6 is 11.8 Å². The Labute approximate surface area is 217 Å². The molecule has 1 heterocycles. The first-order valence-electron chi connectivity index (χ1n) is 12.5. The average Bonchev–Trinajstić information content (AvgIpc) is 3.45. The number of thioether (sulfide) groups is 1. The number of halogens is 3. The fraction of sp³-hybridized carbons (Fsp3) is 0.731. The number of hydrogen-bond donors (Lipinski definition) is 1. The predicted molar refractivity (Wildman–Crippen MR) is 126 cm³/mol. The molecule has 7 nitrogen and oxygen atoms in total. The number of aliphatic hydroxyl groups excluding tert-OH is 1. The van der Waals surface area contributed by atoms with Gasteiger partial charge in [0, 0.05) is 22.7 Å². The first-order chi connectivity index (χ1) is 17.4. The van der Waals surface area contributed by atoms with E-state index in [1.165, 1.54) is 19.1 Å². The molecular formula is C26H31F3O7S. The molecule has 0 bridgehead atoms. The molecule has 3 saturated carbocycles. The second-order valence-corrected chi connectivity index (χ2v) is 12.1. The van der Waals surface area contributed by atoms with Gasteiger partial charge in [-0.2, -0.15) is 0 Å². The summed E-state index contributed by atoms with van der Waals surface area (Å²) in [5.74, 6) is -3.86. The van der Waals surface area contributed by atoms with E-state index in [0.29, 0.717) is 11.8 Å². The van der Waals surface area contributed by atoms with E-state index < -0.39 is 81.3 Å². The van der Waals surface area contributed by atoms with Crippen molar-refractivity contribution in [2.45, 2.75) is 69.9 Å². The smallest absolute Gasteiger partial charge is 0.364 e. The monoisotopic (exact) mass is 544 g/mol. The van der Waals surface area contributed by atoms with Crippen molar-refractivity contribution in [1.82, 2.24) is 0 Å². The molecule has 0 aromatic carbocycles. The van der Waals surface area contributed by atoms with Gasteiger partial charge in [-0.05, 0) is 61.6 Å². The lowest BCUT2D eigenvalue weighted by Gasteiger charge is -2.63. The zero-order valence-corrected chi connectivity index (χ0v) is 21.7. The summed E-state index contributed by atoms with van der Waals surface area (Å²) in [5.41, 5.74) is -7.21. The Hall–Kier alpha value is -1.69. The lowest BCUT2D eigenvalue weighted by atomic mass is 9.44. The van der Waals surface area contributed by atoms with Gasteiger partial charge in [0.25, 0.3) is 6.29 Å². The highest BCUT2D eigenvalue weighted by molar-refractivity contribution is 8.13. The van der Waals surface area contributed by atoms with Crippen LogP contribution in [0.1, 0.15) is 40.0 Å². The number of ketones is 1. The van der Waals surface area contributed by atoms with E-state index in [0.717, 1.165) is 6.08 Å². The predicted octanol–water partition coefficient (Wildman–Crippen LogP) is 3.39. The molecule has 0 spiro atoms. The largest absolute Gasteiger partial charge is 0.445 e. The number of fused-ring (bicyclic) bond motifs is 5. The molecule has 0 radical (unpaired) electrons. The summed E-state index contributed by atoms with van der Waals surface area (Å²) in [7, 11) is 0. The summed E-state index contributed by atoms with van der Waals surface area (Å²) < 4.78 is 62.8. The summed E-state index contributed by atoms with van der Waals surface area (Å²) in [6.07, 6.45) is -1.50. The molecule has 1 aliphatic heterocycles. The van der Waals surface area contributed by atoms with E-state index in [1.807, 2.05) is 0 Å². The Morgan fingerprint density at radius 3 is 2.54 bits per heavy atom. The highest BCUT2D eigenvalue weighted by Crippen LogP contribution is 2.72. The molecule has 1 saturated heterocycles. The molecule has 0 aromatic rings. The number of carbonyl (C=O) groups excluding carboxylic acids is 3. The zero-order chi connectivity index (χ0) is 27.0. The third kappa shape index (κ3) is 3.42. The van der Waals surface area contributed by atoms with Gasteiger partial charge < -0.3 is 19.3 Å². The van der Waals surface area contributed by atoms with Crippen LogP contribution in [0.15, 0.2) is 23.8 Å². The first-order valence-corrected chi connectivity index (χ1v) is 13.5. The summed E-state index contributed by atoms with van der Waals surface area (Å²) in [4.78, 5) is 38.6. The molecule has 4 fully saturated rings. The quantitative estimate of drug-likeness (QED) is 0.538. The van der Waals surface area contributed by atoms with Crippen LogP contribution in [-0.2, 0) is 28.6 Å². The van der Waals surface area contributed by atoms with Crippen molar-refractivity contribution in [1.29, 1.82) is 0 Å². The Kier molecular flexibility index (Phi) is 6.49. The van der Waals surface area contributed by atoms with Crippen molar-refractivity contribution >= 4 is 28.6 Å². The van der Waals surface area contributed by atoms with E-state index in [-0.39, 0.29) is 38.0 Å². The van der Waals surface area contributed by atoms with Crippen LogP contribution in [0, 0.1) is 28.6 Å². The number of hydrogen-bond acceptors (Lipinski definition) is 8. The second kappa shape index (κ2) is 8.93. The SMILES string of the molecule is CC1C[C@H]2[C@@H]3CC(F)C4=CC(=O)C=C[C@]4(C)C3(F)C(O)C[C@]2(C)C1(OC(=O)C1OCCO1)C(=O)SCF. The van der Waals surface area contributed by atoms with Gasteiger partial charge in [-0.25, -0.2) is 18.0 Å². The highest BCUT2D eigenvalue weighted by atomic mass is 32.2. The maximum atomic E-state index is 17.4. The van der Waals surface area contributed by atoms with E-state index in [1.54, 1.807) is 13.8 Å². The molecule has 0 amide bonds. The molecule has 11 heteroatoms. The molecule has 5 aliphatic rings. The molecule has 9 atom stereocenters. The standard InChI is InChI=1S/C26H31F3O7S/c1-13-8-15-16-10-18(28)17-9-14(30)4-5-23(17,2)25(16,29)19(31)11-24(15,3)26(13,22(33)37-12-27)36-20(32)21-34-6-7-35-21/h4-5,9,13,15-16,18-19,21,31H,6-8,10-12H2,1-3H3/t13?,15-,16-,18?,19?,23-,24-,25?,26?/m0/s1. The fourth-order valence-electron chi connectivity index (χ4n) is 8.08. The molecule has 37 heavy (non-hydrogen) atoms. The Balaban J connectivity index is 1.61. The molecule has 0 aromatic heterocycles. The van der Waals surface area contributed by atoms with Crippen LogP contribution in [0.2, 0.25) is 0 Å². The van der Waals surface area contributed by atoms with Crippen LogP contribution in [0.3, 0.4) is 0 Å². The summed E-state index contributed by atoms with van der Waals surface area (Å²) in [5, 5.41) is 10.7. The Morgan fingerprint density at radius 1 is 1.22 bits per heavy atom. The number of alkyl halides is 3. The number of ether oxygens (including phenoxy) is 3. The number of allylic oxidation sites excluding steroid dienone is 4. The van der Waals surface area contributed by atoms with Gasteiger partial charge in [0.1, 0.15) is 12.2 Å². The van der Waals surface area contributed by atoms with E-state index >= 15 is 8.78 Å². The number of aliphatic hydroxyl groups is 1. The number of carbonyl (C=O) groups is 3. The van der Waals surface area contributed by atoms with Gasteiger partial charge in [-0.15, -0.1) is 0 Å². The van der Waals surface area contributed by atoms with Gasteiger partial charge in [0.2, 0.25) is 5.12 Å². The van der Waals surface area contributed by atoms with Crippen LogP contribution in [0.4, 0.5) is 13.2 Å². The molecule has 5 unspecified atom stereocenters. The lowest BCUT2D eigenvalue weighted by molar-refractivity contribution is -0.235. The highest BCUT2D eigenvalue weighted by Gasteiger charge is 2.78. The van der Waals surface area contributed by atoms with Crippen LogP contribution in [0.5, 0.6) is 0 Å². The molecule has 5 rings (SSSR count). The minimum atomic E-state index is -2.35. The van der Waals surface area contributed by atoms with Crippen molar-refractivity contribution in [2.75, 3.05) is 19.2 Å². The van der Waals surface area contributed by atoms with Crippen molar-refractivity contribution in [3.8, 4) is 0 Å². The van der Waals surface area contributed by atoms with Crippen molar-refractivity contribution in [3.05, 3.63) is 23.8 Å². The number of esters is 1. The van der Waals surface area contributed by atoms with Crippen LogP contribution in [0.25, 0.3) is 0 Å². The van der Waals surface area contributed by atoms with Gasteiger partial charge in [-0.3, -0.25) is 9.59 Å². The summed E-state index contributed by atoms with van der Waals surface area (Å²) in [6.45, 7) is 5.09. The minimum absolute atomic E-state index is 0.00951. The van der Waals surface area contributed by atoms with E-state index in [4.69, 9.17) is 14.2 Å². The molecule has 1 N–H and O–H groups in total. The third-order valence-corrected chi connectivity index (χ3v) is 10.4. The molecule has 204 valence electrons. The first kappa shape index (κ1) is 26.9. The van der Waals surface area contributed by atoms with E-state index in [2.05, 4.69) is 0 Å². The van der Waals surface area contributed by atoms with Gasteiger partial charge in [0.05, 0.1) is 19.3 Å². The van der Waals surface area contributed by atoms with Gasteiger partial charge in [-0.1, -0.05) is 19.9 Å². The normalized spacial score (nSPS) is 47.2. The van der Waals surface area contributed by atoms with Gasteiger partial charge in [0.15, 0.2) is 17.1 Å². The fourth-order valence-corrected chi connectivity index (χ4v) is 8.87. The average molecular weight is 545 g/mol. The van der Waals surface area contributed by atoms with Crippen molar-refractivity contribution < 1.29 is 46.9 Å². The summed E-state index contributed by atoms with van der Waals surface area (Å²) in [6, 6.07) is -1.07. The molecular weight excluding hydrogens is 513 g/mol. The van der Waals surface area contributed by atoms with Crippen LogP contribution < -0.4 is 0 Å². The maximum Gasteiger partial charge on any atom is 0.364 e. The number of rotatable bonds is 4. The van der Waals surface area contributed by atoms with Crippen molar-refractivity contribution in [2.24, 2.45) is 28.6 Å². The maximum absolute atomic E-state index is 17.4. The van der Waals surface area contributed by atoms with E-state index in [9.17, 15) is 23.9 Å². The van der Waals surface area contributed by atoms with Gasteiger partial charge >= 0.3 is 5.97 Å².